The molecule has 3 aliphatic rings. The number of hydrogen-bond donors (Lipinski definition) is 7. The summed E-state index contributed by atoms with van der Waals surface area (Å²) in [6.45, 7) is 0.836. The first-order valence-corrected chi connectivity index (χ1v) is 15.1. The fraction of sp³-hybridized carbons (Fsp3) is 0.500. The largest absolute Gasteiger partial charge is 1.00 e. The molecule has 1 amide bonds. The zero-order chi connectivity index (χ0) is 32.2. The molecular weight excluding hydrogens is 609 g/mol. The maximum absolute atomic E-state index is 14.1. The van der Waals surface area contributed by atoms with E-state index in [4.69, 9.17) is 0 Å². The number of aliphatic carboxylic acids is 1. The summed E-state index contributed by atoms with van der Waals surface area (Å²) in [7, 11) is 1.63. The van der Waals surface area contributed by atoms with Gasteiger partial charge in [0, 0.05) is 46.3 Å². The van der Waals surface area contributed by atoms with Gasteiger partial charge in [0.1, 0.15) is 22.8 Å². The first-order valence-electron chi connectivity index (χ1n) is 13.4. The molecule has 0 bridgehead atoms. The maximum Gasteiger partial charge on any atom is 1.00 e. The molecule has 7 N–H and O–H groups in total. The third-order valence-electron chi connectivity index (χ3n) is 8.58. The number of nitrogens with zero attached hydrogens (tertiary/aromatic N) is 1. The quantitative estimate of drug-likeness (QED) is 0.0757. The molecule has 7 unspecified atom stereocenters. The summed E-state index contributed by atoms with van der Waals surface area (Å²) < 4.78 is 11.3. The summed E-state index contributed by atoms with van der Waals surface area (Å²) in [6, 6.07) is 1.49. The Kier molecular flexibility index (Phi) is 10.6. The molecule has 3 aliphatic carbocycles. The van der Waals surface area contributed by atoms with E-state index in [2.05, 4.69) is 10.6 Å². The molecule has 1 saturated carbocycles. The average Bonchev–Trinajstić information content (AvgIpc) is 2.90. The molecule has 0 heterocycles. The monoisotopic (exact) mass is 643 g/mol. The zero-order valence-electron chi connectivity index (χ0n) is 24.9. The Balaban J connectivity index is 0.00000529. The van der Waals surface area contributed by atoms with Crippen molar-refractivity contribution in [2.24, 2.45) is 11.8 Å². The Hall–Kier alpha value is -2.63. The van der Waals surface area contributed by atoms with Gasteiger partial charge in [-0.05, 0) is 45.5 Å². The normalized spacial score (nSPS) is 29.3. The van der Waals surface area contributed by atoms with Crippen LogP contribution in [0.2, 0.25) is 0 Å². The van der Waals surface area contributed by atoms with Crippen molar-refractivity contribution in [1.82, 2.24) is 15.5 Å². The molecule has 0 radical (unpaired) electrons. The van der Waals surface area contributed by atoms with E-state index in [0.717, 1.165) is 0 Å². The minimum absolute atomic E-state index is 0. The number of aromatic hydroxyl groups is 1. The van der Waals surface area contributed by atoms with Crippen LogP contribution in [0.3, 0.4) is 0 Å². The number of phenolic OH excluding ortho intramolecular Hbond substituents is 1. The summed E-state index contributed by atoms with van der Waals surface area (Å²) in [5, 5.41) is 72.5. The minimum atomic E-state index is -2.89. The Bertz CT molecular complexity index is 1490. The number of carboxylic acids is 1. The third-order valence-corrected chi connectivity index (χ3v) is 9.39. The van der Waals surface area contributed by atoms with Gasteiger partial charge >= 0.3 is 29.6 Å². The second kappa shape index (κ2) is 13.0. The van der Waals surface area contributed by atoms with Gasteiger partial charge in [0.15, 0.2) is 11.4 Å². The fourth-order valence-corrected chi connectivity index (χ4v) is 6.98. The summed E-state index contributed by atoms with van der Waals surface area (Å²) in [4.78, 5) is 53.7. The molecule has 0 saturated heterocycles. The van der Waals surface area contributed by atoms with Gasteiger partial charge in [0.25, 0.3) is 5.91 Å². The molecule has 4 rings (SSSR count). The number of aliphatic hydroxyl groups excluding tert-OH is 2. The Morgan fingerprint density at radius 1 is 1.18 bits per heavy atom. The molecule has 0 aliphatic heterocycles. The van der Waals surface area contributed by atoms with Crippen molar-refractivity contribution in [2.75, 3.05) is 32.8 Å². The van der Waals surface area contributed by atoms with E-state index in [1.165, 1.54) is 50.4 Å². The minimum Gasteiger partial charge on any atom is -0.548 e. The first-order chi connectivity index (χ1) is 20.0. The molecule has 16 heteroatoms. The van der Waals surface area contributed by atoms with E-state index >= 15 is 0 Å². The number of carboxylic acid groups (broad SMARTS) is 1. The number of carbonyl (C=O) groups excluding carboxylic acids is 4. The molecule has 0 aromatic heterocycles. The predicted molar refractivity (Wildman–Crippen MR) is 149 cm³/mol. The van der Waals surface area contributed by atoms with Gasteiger partial charge in [-0.1, -0.05) is 12.1 Å². The number of nitrogens with one attached hydrogen (secondary N) is 2. The predicted octanol–water partition coefficient (Wildman–Crippen LogP) is -5.30. The molecule has 1 aromatic carbocycles. The molecular formula is C28H34N3NaO11S. The summed E-state index contributed by atoms with van der Waals surface area (Å²) in [6.07, 6.45) is 1.01. The molecule has 1 aromatic rings. The summed E-state index contributed by atoms with van der Waals surface area (Å²) >= 11 is 0. The van der Waals surface area contributed by atoms with Crippen molar-refractivity contribution in [3.05, 3.63) is 46.2 Å². The number of aliphatic hydroxyl groups is 4. The van der Waals surface area contributed by atoms with Crippen molar-refractivity contribution in [3.8, 4) is 5.75 Å². The average molecular weight is 644 g/mol. The van der Waals surface area contributed by atoms with E-state index in [1.54, 1.807) is 0 Å². The number of carbonyl (C=O) groups is 4. The molecule has 44 heavy (non-hydrogen) atoms. The Labute approximate surface area is 277 Å². The summed E-state index contributed by atoms with van der Waals surface area (Å²) in [5.74, 6) is -9.88. The Morgan fingerprint density at radius 2 is 1.82 bits per heavy atom. The van der Waals surface area contributed by atoms with Crippen molar-refractivity contribution in [3.63, 3.8) is 0 Å². The SMILES string of the molecule is CN(C)C1C(=O)C(C(=O)NCNC(CCS(C)=O)C(=O)[O-])=C(O)C2(O)C(=O)C3=C(O)c4c(O)cccc4C(C)(O)C3CC12.[Na+]. The van der Waals surface area contributed by atoms with Crippen LogP contribution in [-0.2, 0) is 35.6 Å². The van der Waals surface area contributed by atoms with E-state index in [-0.39, 0.29) is 59.3 Å². The number of Topliss-reactive ketones (excluding diaryl/α,β-unsaturated/α-hetero) is 2. The number of ketones is 2. The molecule has 7 atom stereocenters. The molecule has 234 valence electrons. The van der Waals surface area contributed by atoms with Crippen molar-refractivity contribution < 1.29 is 83.6 Å². The van der Waals surface area contributed by atoms with Crippen molar-refractivity contribution in [2.45, 2.75) is 43.1 Å². The van der Waals surface area contributed by atoms with E-state index in [1.807, 2.05) is 0 Å². The van der Waals surface area contributed by atoms with Crippen LogP contribution in [0.4, 0.5) is 0 Å². The van der Waals surface area contributed by atoms with Crippen LogP contribution in [0.25, 0.3) is 5.76 Å². The van der Waals surface area contributed by atoms with Gasteiger partial charge in [-0.25, -0.2) is 0 Å². The molecule has 1 fully saturated rings. The summed E-state index contributed by atoms with van der Waals surface area (Å²) in [5.41, 5.74) is -6.28. The molecule has 14 nitrogen and oxygen atoms in total. The van der Waals surface area contributed by atoms with Gasteiger partial charge in [-0.2, -0.15) is 0 Å². The molecule has 0 spiro atoms. The zero-order valence-corrected chi connectivity index (χ0v) is 27.7. The maximum atomic E-state index is 14.1. The van der Waals surface area contributed by atoms with Gasteiger partial charge in [-0.3, -0.25) is 28.8 Å². The van der Waals surface area contributed by atoms with Gasteiger partial charge in [-0.15, -0.1) is 0 Å². The van der Waals surface area contributed by atoms with Crippen LogP contribution < -0.4 is 45.3 Å². The van der Waals surface area contributed by atoms with Crippen LogP contribution in [0.1, 0.15) is 30.9 Å². The number of phenols is 1. The van der Waals surface area contributed by atoms with E-state index in [0.29, 0.717) is 0 Å². The number of amides is 1. The van der Waals surface area contributed by atoms with Crippen LogP contribution in [0.15, 0.2) is 35.1 Å². The Morgan fingerprint density at radius 3 is 2.39 bits per heavy atom. The van der Waals surface area contributed by atoms with E-state index < -0.39 is 104 Å². The second-order valence-corrected chi connectivity index (χ2v) is 13.0. The number of benzene rings is 1. The number of hydrogen-bond acceptors (Lipinski definition) is 13. The standard InChI is InChI=1S/C28H35N3O11S.Na/c1-27(40)12-6-5-7-16(32)17(12)21(33)18-13(27)10-14-20(31(2)3)22(34)19(24(36)28(14,41)23(18)35)25(37)30-11-29-15(26(38)39)8-9-43(4)42;/h5-7,13-15,20,29,32-33,36,40-41H,8-11H2,1-4H3,(H,30,37)(H,38,39);/q;+1/p-1. The van der Waals surface area contributed by atoms with Gasteiger partial charge in [0.2, 0.25) is 5.78 Å². The third kappa shape index (κ3) is 5.75. The number of fused-ring (bicyclic) bond motifs is 3. The van der Waals surface area contributed by atoms with Crippen LogP contribution in [-0.4, -0.2) is 109 Å². The topological polar surface area (TPSA) is 237 Å². The number of likely N-dealkylation sites (N-methyl/N-ethyl adjacent to an activating group) is 1. The van der Waals surface area contributed by atoms with Crippen molar-refractivity contribution in [1.29, 1.82) is 0 Å². The van der Waals surface area contributed by atoms with Gasteiger partial charge < -0.3 is 40.8 Å². The van der Waals surface area contributed by atoms with Crippen molar-refractivity contribution >= 4 is 40.0 Å². The number of rotatable bonds is 9. The van der Waals surface area contributed by atoms with E-state index in [9.17, 15) is 54.0 Å². The van der Waals surface area contributed by atoms with Gasteiger partial charge in [0.05, 0.1) is 29.8 Å². The smallest absolute Gasteiger partial charge is 0.548 e. The van der Waals surface area contributed by atoms with Crippen LogP contribution in [0, 0.1) is 11.8 Å². The second-order valence-electron chi connectivity index (χ2n) is 11.4. The van der Waals surface area contributed by atoms with Crippen LogP contribution >= 0.6 is 0 Å². The fourth-order valence-electron chi connectivity index (χ4n) is 6.41. The van der Waals surface area contributed by atoms with Crippen LogP contribution in [0.5, 0.6) is 5.75 Å². The first kappa shape index (κ1) is 35.8.